The number of benzene rings is 2. The molecular formula is C23H25ClN2O4. The van der Waals surface area contributed by atoms with Crippen molar-refractivity contribution in [2.45, 2.75) is 25.7 Å². The number of rotatable bonds is 8. The maximum Gasteiger partial charge on any atom is 0.341 e. The fraction of sp³-hybridized carbons (Fsp3) is 0.304. The predicted octanol–water partition coefficient (Wildman–Crippen LogP) is 4.02. The summed E-state index contributed by atoms with van der Waals surface area (Å²) in [6.07, 6.45) is 7.81. The highest BCUT2D eigenvalue weighted by atomic mass is 35.5. The molecule has 2 aromatic carbocycles. The Morgan fingerprint density at radius 2 is 1.93 bits per heavy atom. The number of terminal acetylenes is 1. The number of aliphatic imine (C=N–C) groups is 1. The number of hydrogen-bond acceptors (Lipinski definition) is 5. The van der Waals surface area contributed by atoms with Gasteiger partial charge in [-0.15, -0.1) is 0 Å². The Labute approximate surface area is 181 Å². The largest absolute Gasteiger partial charge is 0.507 e. The molecule has 158 valence electrons. The molecule has 0 saturated carbocycles. The second kappa shape index (κ2) is 11.1. The molecule has 0 amide bonds. The number of ether oxygens (including phenoxy) is 1. The van der Waals surface area contributed by atoms with E-state index in [0.29, 0.717) is 12.3 Å². The van der Waals surface area contributed by atoms with Gasteiger partial charge in [0, 0.05) is 32.1 Å². The molecule has 0 spiro atoms. The molecule has 0 heterocycles. The zero-order chi connectivity index (χ0) is 22.1. The molecule has 0 bridgehead atoms. The fourth-order valence-electron chi connectivity index (χ4n) is 3.19. The van der Waals surface area contributed by atoms with Crippen LogP contribution in [-0.4, -0.2) is 47.6 Å². The number of halogens is 1. The first kappa shape index (κ1) is 23.1. The van der Waals surface area contributed by atoms with E-state index in [1.807, 2.05) is 30.1 Å². The second-order valence-corrected chi connectivity index (χ2v) is 7.12. The lowest BCUT2D eigenvalue weighted by Gasteiger charge is -2.21. The molecule has 0 unspecified atom stereocenters. The zero-order valence-corrected chi connectivity index (χ0v) is 17.8. The highest BCUT2D eigenvalue weighted by Gasteiger charge is 2.23. The molecule has 0 aliphatic heterocycles. The quantitative estimate of drug-likeness (QED) is 0.287. The number of phenolic OH excluding ortho intramolecular Hbond substituents is 2. The van der Waals surface area contributed by atoms with Crippen LogP contribution in [0.1, 0.15) is 34.3 Å². The minimum absolute atomic E-state index is 0.0139. The molecule has 0 fully saturated rings. The van der Waals surface area contributed by atoms with E-state index in [2.05, 4.69) is 23.2 Å². The standard InChI is InChI=1S/C23H25ClN2O4/c1-4-25-20(26(2)14-8-11-16-9-6-5-7-10-16)13-12-17-21(23(29)30-3)18(27)15-19(28)22(17)24/h1,5-7,9-10,15,27-28H,8,11-14H2,2-3H3. The molecule has 6 nitrogen and oxygen atoms in total. The van der Waals surface area contributed by atoms with Gasteiger partial charge in [-0.25, -0.2) is 4.79 Å². The van der Waals surface area contributed by atoms with Crippen LogP contribution in [0.2, 0.25) is 5.02 Å². The molecule has 0 radical (unpaired) electrons. The summed E-state index contributed by atoms with van der Waals surface area (Å²) in [5.74, 6) is -0.815. The molecule has 2 aromatic rings. The van der Waals surface area contributed by atoms with Gasteiger partial charge in [0.05, 0.1) is 12.1 Å². The summed E-state index contributed by atoms with van der Waals surface area (Å²) >= 11 is 6.20. The van der Waals surface area contributed by atoms with Gasteiger partial charge in [0.1, 0.15) is 22.9 Å². The van der Waals surface area contributed by atoms with Crippen LogP contribution in [0.3, 0.4) is 0 Å². The average Bonchev–Trinajstić information content (AvgIpc) is 2.74. The minimum atomic E-state index is -0.740. The van der Waals surface area contributed by atoms with Crippen molar-refractivity contribution >= 4 is 23.4 Å². The van der Waals surface area contributed by atoms with E-state index < -0.39 is 11.7 Å². The third-order valence-electron chi connectivity index (χ3n) is 4.75. The van der Waals surface area contributed by atoms with Gasteiger partial charge in [0.15, 0.2) is 0 Å². The van der Waals surface area contributed by atoms with Crippen LogP contribution in [0.5, 0.6) is 11.5 Å². The number of nitrogens with zero attached hydrogens (tertiary/aromatic N) is 2. The molecule has 30 heavy (non-hydrogen) atoms. The predicted molar refractivity (Wildman–Crippen MR) is 118 cm³/mol. The normalized spacial score (nSPS) is 11.1. The summed E-state index contributed by atoms with van der Waals surface area (Å²) in [7, 11) is 3.10. The van der Waals surface area contributed by atoms with Crippen molar-refractivity contribution in [3.63, 3.8) is 0 Å². The Kier molecular flexibility index (Phi) is 8.57. The van der Waals surface area contributed by atoms with Crippen molar-refractivity contribution in [3.05, 3.63) is 58.1 Å². The van der Waals surface area contributed by atoms with Gasteiger partial charge in [-0.1, -0.05) is 48.4 Å². The van der Waals surface area contributed by atoms with E-state index in [4.69, 9.17) is 22.8 Å². The smallest absolute Gasteiger partial charge is 0.341 e. The summed E-state index contributed by atoms with van der Waals surface area (Å²) in [6.45, 7) is 0.734. The summed E-state index contributed by atoms with van der Waals surface area (Å²) < 4.78 is 4.74. The topological polar surface area (TPSA) is 82.4 Å². The molecular weight excluding hydrogens is 404 g/mol. The molecule has 7 heteroatoms. The van der Waals surface area contributed by atoms with E-state index in [0.717, 1.165) is 25.5 Å². The van der Waals surface area contributed by atoms with Gasteiger partial charge in [0.2, 0.25) is 0 Å². The van der Waals surface area contributed by atoms with Gasteiger partial charge in [-0.3, -0.25) is 0 Å². The van der Waals surface area contributed by atoms with E-state index in [-0.39, 0.29) is 28.3 Å². The van der Waals surface area contributed by atoms with E-state index in [1.165, 1.54) is 12.7 Å². The lowest BCUT2D eigenvalue weighted by molar-refractivity contribution is 0.0596. The molecule has 0 aliphatic rings. The summed E-state index contributed by atoms with van der Waals surface area (Å²) in [4.78, 5) is 18.2. The molecule has 0 saturated heterocycles. The van der Waals surface area contributed by atoms with Gasteiger partial charge >= 0.3 is 5.97 Å². The zero-order valence-electron chi connectivity index (χ0n) is 17.1. The van der Waals surface area contributed by atoms with Crippen molar-refractivity contribution in [1.82, 2.24) is 4.90 Å². The molecule has 2 rings (SSSR count). The first-order chi connectivity index (χ1) is 14.4. The first-order valence-electron chi connectivity index (χ1n) is 9.47. The number of hydrogen-bond donors (Lipinski definition) is 2. The van der Waals surface area contributed by atoms with E-state index >= 15 is 0 Å². The van der Waals surface area contributed by atoms with E-state index in [1.54, 1.807) is 0 Å². The number of aryl methyl sites for hydroxylation is 1. The van der Waals surface area contributed by atoms with Gasteiger partial charge in [-0.2, -0.15) is 4.99 Å². The van der Waals surface area contributed by atoms with Crippen molar-refractivity contribution < 1.29 is 19.7 Å². The fourth-order valence-corrected chi connectivity index (χ4v) is 3.43. The Morgan fingerprint density at radius 1 is 1.23 bits per heavy atom. The van der Waals surface area contributed by atoms with Crippen LogP contribution in [0.15, 0.2) is 41.4 Å². The lowest BCUT2D eigenvalue weighted by Crippen LogP contribution is -2.28. The number of aromatic hydroxyl groups is 2. The molecule has 0 aromatic heterocycles. The van der Waals surface area contributed by atoms with Crippen molar-refractivity contribution in [3.8, 4) is 24.0 Å². The third kappa shape index (κ3) is 5.91. The minimum Gasteiger partial charge on any atom is -0.507 e. The highest BCUT2D eigenvalue weighted by molar-refractivity contribution is 6.33. The second-order valence-electron chi connectivity index (χ2n) is 6.74. The van der Waals surface area contributed by atoms with Gasteiger partial charge in [-0.05, 0) is 30.4 Å². The number of methoxy groups -OCH3 is 1. The maximum absolute atomic E-state index is 12.1. The number of esters is 1. The highest BCUT2D eigenvalue weighted by Crippen LogP contribution is 2.37. The average molecular weight is 429 g/mol. The Bertz CT molecular complexity index is 952. The van der Waals surface area contributed by atoms with Crippen LogP contribution >= 0.6 is 11.6 Å². The number of amidine groups is 1. The number of carbonyl (C=O) groups is 1. The lowest BCUT2D eigenvalue weighted by atomic mass is 10.00. The van der Waals surface area contributed by atoms with Crippen molar-refractivity contribution in [1.29, 1.82) is 0 Å². The maximum atomic E-state index is 12.1. The number of carbonyl (C=O) groups excluding carboxylic acids is 1. The van der Waals surface area contributed by atoms with Crippen LogP contribution in [0.4, 0.5) is 0 Å². The monoisotopic (exact) mass is 428 g/mol. The Balaban J connectivity index is 2.12. The number of phenols is 2. The summed E-state index contributed by atoms with van der Waals surface area (Å²) in [5, 5.41) is 20.0. The van der Waals surface area contributed by atoms with Crippen molar-refractivity contribution in [2.75, 3.05) is 20.7 Å². The van der Waals surface area contributed by atoms with E-state index in [9.17, 15) is 15.0 Å². The Hall–Kier alpha value is -3.17. The van der Waals surface area contributed by atoms with Crippen LogP contribution in [0, 0.1) is 12.5 Å². The third-order valence-corrected chi connectivity index (χ3v) is 5.17. The summed E-state index contributed by atoms with van der Waals surface area (Å²) in [5.41, 5.74) is 1.46. The van der Waals surface area contributed by atoms with Gasteiger partial charge < -0.3 is 19.8 Å². The Morgan fingerprint density at radius 3 is 2.57 bits per heavy atom. The molecule has 0 aliphatic carbocycles. The van der Waals surface area contributed by atoms with Crippen LogP contribution < -0.4 is 0 Å². The van der Waals surface area contributed by atoms with Gasteiger partial charge in [0.25, 0.3) is 0 Å². The molecule has 0 atom stereocenters. The van der Waals surface area contributed by atoms with Crippen LogP contribution in [-0.2, 0) is 17.6 Å². The SMILES string of the molecule is C#CN=C(CCc1c(Cl)c(O)cc(O)c1C(=O)OC)N(C)CCCc1ccccc1. The summed E-state index contributed by atoms with van der Waals surface area (Å²) in [6, 6.07) is 13.5. The van der Waals surface area contributed by atoms with Crippen molar-refractivity contribution in [2.24, 2.45) is 4.99 Å². The van der Waals surface area contributed by atoms with Crippen LogP contribution in [0.25, 0.3) is 0 Å². The first-order valence-corrected chi connectivity index (χ1v) is 9.85. The molecule has 2 N–H and O–H groups in total.